The second-order valence-electron chi connectivity index (χ2n) is 8.12. The molecule has 5 nitrogen and oxygen atoms in total. The maximum absolute atomic E-state index is 13.5. The SMILES string of the molecule is CCC(=O)/C=C/c1ccc(Cn2c(=O)n(CCc3ccccc3)c(=O)c3ccc(Cl)cc32)cc1. The van der Waals surface area contributed by atoms with Gasteiger partial charge in [0.2, 0.25) is 0 Å². The molecule has 0 spiro atoms. The molecule has 0 atom stereocenters. The van der Waals surface area contributed by atoms with Crippen molar-refractivity contribution >= 4 is 34.4 Å². The van der Waals surface area contributed by atoms with Gasteiger partial charge in [-0.1, -0.05) is 79.2 Å². The van der Waals surface area contributed by atoms with Crippen LogP contribution in [0.5, 0.6) is 0 Å². The number of hydrogen-bond donors (Lipinski definition) is 0. The Labute approximate surface area is 202 Å². The molecule has 1 aromatic heterocycles. The van der Waals surface area contributed by atoms with E-state index in [4.69, 9.17) is 11.6 Å². The number of ketones is 1. The third kappa shape index (κ3) is 5.26. The monoisotopic (exact) mass is 472 g/mol. The second-order valence-corrected chi connectivity index (χ2v) is 8.55. The van der Waals surface area contributed by atoms with Crippen molar-refractivity contribution in [3.8, 4) is 0 Å². The van der Waals surface area contributed by atoms with Crippen molar-refractivity contribution in [1.29, 1.82) is 0 Å². The molecule has 172 valence electrons. The topological polar surface area (TPSA) is 61.1 Å². The molecule has 0 aliphatic heterocycles. The first kappa shape index (κ1) is 23.5. The highest BCUT2D eigenvalue weighted by molar-refractivity contribution is 6.31. The largest absolute Gasteiger partial charge is 0.331 e. The fraction of sp³-hybridized carbons (Fsp3) is 0.179. The Morgan fingerprint density at radius 3 is 2.35 bits per heavy atom. The van der Waals surface area contributed by atoms with Gasteiger partial charge in [0.15, 0.2) is 5.78 Å². The van der Waals surface area contributed by atoms with E-state index >= 15 is 0 Å². The summed E-state index contributed by atoms with van der Waals surface area (Å²) in [6.07, 6.45) is 4.39. The summed E-state index contributed by atoms with van der Waals surface area (Å²) >= 11 is 6.21. The van der Waals surface area contributed by atoms with Gasteiger partial charge in [-0.3, -0.25) is 18.7 Å². The van der Waals surface area contributed by atoms with Crippen LogP contribution in [0.15, 0.2) is 88.5 Å². The van der Waals surface area contributed by atoms with E-state index in [1.807, 2.05) is 61.5 Å². The average molecular weight is 473 g/mol. The molecule has 4 aromatic rings. The molecule has 0 N–H and O–H groups in total. The van der Waals surface area contributed by atoms with Crippen molar-refractivity contribution in [3.63, 3.8) is 0 Å². The molecular weight excluding hydrogens is 448 g/mol. The van der Waals surface area contributed by atoms with E-state index in [9.17, 15) is 14.4 Å². The van der Waals surface area contributed by atoms with E-state index in [-0.39, 0.29) is 23.6 Å². The number of aromatic nitrogens is 2. The summed E-state index contributed by atoms with van der Waals surface area (Å²) in [6, 6.07) is 22.4. The predicted octanol–water partition coefficient (Wildman–Crippen LogP) is 5.10. The molecule has 4 rings (SSSR count). The van der Waals surface area contributed by atoms with Gasteiger partial charge >= 0.3 is 5.69 Å². The van der Waals surface area contributed by atoms with Crippen LogP contribution in [0.1, 0.15) is 30.0 Å². The number of hydrogen-bond acceptors (Lipinski definition) is 3. The van der Waals surface area contributed by atoms with Crippen molar-refractivity contribution < 1.29 is 4.79 Å². The minimum Gasteiger partial charge on any atom is -0.295 e. The summed E-state index contributed by atoms with van der Waals surface area (Å²) in [7, 11) is 0. The minimum atomic E-state index is -0.367. The van der Waals surface area contributed by atoms with Gasteiger partial charge in [-0.05, 0) is 47.4 Å². The molecule has 3 aromatic carbocycles. The molecule has 0 saturated carbocycles. The number of aryl methyl sites for hydroxylation is 1. The average Bonchev–Trinajstić information content (AvgIpc) is 2.86. The van der Waals surface area contributed by atoms with Crippen molar-refractivity contribution in [2.45, 2.75) is 32.9 Å². The van der Waals surface area contributed by atoms with Gasteiger partial charge in [-0.25, -0.2) is 4.79 Å². The number of carbonyl (C=O) groups is 1. The van der Waals surface area contributed by atoms with Gasteiger partial charge in [0.25, 0.3) is 5.56 Å². The zero-order chi connectivity index (χ0) is 24.1. The Hall–Kier alpha value is -3.70. The Morgan fingerprint density at radius 1 is 0.912 bits per heavy atom. The molecule has 0 bridgehead atoms. The molecule has 6 heteroatoms. The van der Waals surface area contributed by atoms with Gasteiger partial charge < -0.3 is 0 Å². The molecule has 1 heterocycles. The van der Waals surface area contributed by atoms with E-state index in [0.717, 1.165) is 16.7 Å². The fourth-order valence-electron chi connectivity index (χ4n) is 3.85. The van der Waals surface area contributed by atoms with Crippen molar-refractivity contribution in [1.82, 2.24) is 9.13 Å². The number of halogens is 1. The smallest absolute Gasteiger partial charge is 0.295 e. The lowest BCUT2D eigenvalue weighted by Crippen LogP contribution is -2.40. The van der Waals surface area contributed by atoms with Crippen molar-refractivity contribution in [2.24, 2.45) is 0 Å². The predicted molar refractivity (Wildman–Crippen MR) is 137 cm³/mol. The zero-order valence-electron chi connectivity index (χ0n) is 18.9. The maximum Gasteiger partial charge on any atom is 0.331 e. The highest BCUT2D eigenvalue weighted by atomic mass is 35.5. The molecule has 0 unspecified atom stereocenters. The molecule has 34 heavy (non-hydrogen) atoms. The van der Waals surface area contributed by atoms with Gasteiger partial charge in [0, 0.05) is 18.0 Å². The zero-order valence-corrected chi connectivity index (χ0v) is 19.7. The van der Waals surface area contributed by atoms with Gasteiger partial charge in [-0.15, -0.1) is 0 Å². The summed E-state index contributed by atoms with van der Waals surface area (Å²) in [5, 5.41) is 0.915. The fourth-order valence-corrected chi connectivity index (χ4v) is 4.02. The maximum atomic E-state index is 13.5. The lowest BCUT2D eigenvalue weighted by Gasteiger charge is -2.15. The Bertz CT molecular complexity index is 1470. The second kappa shape index (κ2) is 10.5. The summed E-state index contributed by atoms with van der Waals surface area (Å²) < 4.78 is 2.90. The molecule has 0 aliphatic rings. The van der Waals surface area contributed by atoms with Crippen LogP contribution in [0.3, 0.4) is 0 Å². The van der Waals surface area contributed by atoms with Crippen LogP contribution in [0.2, 0.25) is 5.02 Å². The standard InChI is InChI=1S/C28H25ClN2O3/c1-2-24(32)14-12-21-8-10-22(11-9-21)19-31-26-18-23(29)13-15-25(26)27(33)30(28(31)34)17-16-20-6-4-3-5-7-20/h3-15,18H,2,16-17,19H2,1H3/b14-12+. The first-order valence-electron chi connectivity index (χ1n) is 11.2. The van der Waals surface area contributed by atoms with E-state index in [1.54, 1.807) is 34.9 Å². The van der Waals surface area contributed by atoms with E-state index in [2.05, 4.69) is 0 Å². The first-order chi connectivity index (χ1) is 16.5. The molecule has 0 aliphatic carbocycles. The lowest BCUT2D eigenvalue weighted by atomic mass is 10.1. The van der Waals surface area contributed by atoms with E-state index in [1.165, 1.54) is 4.57 Å². The molecular formula is C28H25ClN2O3. The third-order valence-corrected chi connectivity index (χ3v) is 6.02. The van der Waals surface area contributed by atoms with Gasteiger partial charge in [-0.2, -0.15) is 0 Å². The number of fused-ring (bicyclic) bond motifs is 1. The summed E-state index contributed by atoms with van der Waals surface area (Å²) in [6.45, 7) is 2.40. The number of rotatable bonds is 8. The lowest BCUT2D eigenvalue weighted by molar-refractivity contribution is -0.114. The van der Waals surface area contributed by atoms with Crippen LogP contribution in [0.25, 0.3) is 17.0 Å². The first-order valence-corrected chi connectivity index (χ1v) is 11.6. The summed E-state index contributed by atoms with van der Waals surface area (Å²) in [5.41, 5.74) is 2.69. The molecule has 0 radical (unpaired) electrons. The van der Waals surface area contributed by atoms with Crippen molar-refractivity contribution in [3.05, 3.63) is 121 Å². The Balaban J connectivity index is 1.71. The highest BCUT2D eigenvalue weighted by Gasteiger charge is 2.14. The van der Waals surface area contributed by atoms with Gasteiger partial charge in [0.1, 0.15) is 0 Å². The van der Waals surface area contributed by atoms with Crippen LogP contribution < -0.4 is 11.2 Å². The van der Waals surface area contributed by atoms with Crippen LogP contribution in [-0.4, -0.2) is 14.9 Å². The number of nitrogens with zero attached hydrogens (tertiary/aromatic N) is 2. The van der Waals surface area contributed by atoms with Crippen molar-refractivity contribution in [2.75, 3.05) is 0 Å². The Kier molecular flexibility index (Phi) is 7.24. The van der Waals surface area contributed by atoms with Gasteiger partial charge in [0.05, 0.1) is 17.4 Å². The number of allylic oxidation sites excluding steroid dienone is 1. The summed E-state index contributed by atoms with van der Waals surface area (Å²) in [5.74, 6) is 0.0664. The molecule has 0 fully saturated rings. The normalized spacial score (nSPS) is 11.4. The number of carbonyl (C=O) groups excluding carboxylic acids is 1. The van der Waals surface area contributed by atoms with Crippen LogP contribution in [0, 0.1) is 0 Å². The third-order valence-electron chi connectivity index (χ3n) is 5.79. The van der Waals surface area contributed by atoms with E-state index in [0.29, 0.717) is 35.3 Å². The molecule has 0 amide bonds. The summed E-state index contributed by atoms with van der Waals surface area (Å²) in [4.78, 5) is 38.1. The quantitative estimate of drug-likeness (QED) is 0.335. The van der Waals surface area contributed by atoms with E-state index < -0.39 is 0 Å². The van der Waals surface area contributed by atoms with Crippen LogP contribution >= 0.6 is 11.6 Å². The van der Waals surface area contributed by atoms with Crippen LogP contribution in [-0.2, 0) is 24.3 Å². The van der Waals surface area contributed by atoms with Crippen LogP contribution in [0.4, 0.5) is 0 Å². The Morgan fingerprint density at radius 2 is 1.65 bits per heavy atom. The number of benzene rings is 3. The molecule has 0 saturated heterocycles. The minimum absolute atomic E-state index is 0.0664. The highest BCUT2D eigenvalue weighted by Crippen LogP contribution is 2.17.